The Balaban J connectivity index is 2.40. The van der Waals surface area contributed by atoms with E-state index in [4.69, 9.17) is 0 Å². The summed E-state index contributed by atoms with van der Waals surface area (Å²) in [4.78, 5) is 2.01. The minimum atomic E-state index is -0.369. The second-order valence-corrected chi connectivity index (χ2v) is 3.77. The maximum atomic E-state index is 9.37. The molecule has 0 amide bonds. The SMILES string of the molecule is CB(O)N1CCCC(C(C)O)C1. The number of hydrogen-bond donors (Lipinski definition) is 2. The Bertz CT molecular complexity index is 127. The van der Waals surface area contributed by atoms with E-state index in [1.807, 2.05) is 11.7 Å². The molecule has 1 saturated heterocycles. The Morgan fingerprint density at radius 2 is 2.25 bits per heavy atom. The average Bonchev–Trinajstić information content (AvgIpc) is 2.04. The normalized spacial score (nSPS) is 28.5. The Morgan fingerprint density at radius 1 is 1.58 bits per heavy atom. The Morgan fingerprint density at radius 3 is 2.75 bits per heavy atom. The predicted octanol–water partition coefficient (Wildman–Crippen LogP) is 0.189. The first-order valence-corrected chi connectivity index (χ1v) is 4.71. The van der Waals surface area contributed by atoms with Crippen molar-refractivity contribution >= 4 is 7.05 Å². The highest BCUT2D eigenvalue weighted by Gasteiger charge is 2.26. The first-order valence-electron chi connectivity index (χ1n) is 4.71. The van der Waals surface area contributed by atoms with Gasteiger partial charge in [0.1, 0.15) is 0 Å². The summed E-state index contributed by atoms with van der Waals surface area (Å²) < 4.78 is 0. The molecule has 0 bridgehead atoms. The molecule has 3 nitrogen and oxygen atoms in total. The van der Waals surface area contributed by atoms with Gasteiger partial charge in [-0.25, -0.2) is 0 Å². The van der Waals surface area contributed by atoms with Crippen LogP contribution < -0.4 is 0 Å². The van der Waals surface area contributed by atoms with Gasteiger partial charge in [0.2, 0.25) is 0 Å². The van der Waals surface area contributed by atoms with Crippen molar-refractivity contribution in [1.82, 2.24) is 4.81 Å². The third kappa shape index (κ3) is 2.47. The zero-order valence-electron chi connectivity index (χ0n) is 7.90. The summed E-state index contributed by atoms with van der Waals surface area (Å²) in [7, 11) is -0.369. The first kappa shape index (κ1) is 10.0. The number of nitrogens with zero attached hydrogens (tertiary/aromatic N) is 1. The summed E-state index contributed by atoms with van der Waals surface area (Å²) in [6.07, 6.45) is 1.92. The van der Waals surface area contributed by atoms with Crippen molar-refractivity contribution in [3.8, 4) is 0 Å². The summed E-state index contributed by atoms with van der Waals surface area (Å²) in [6, 6.07) is 0. The van der Waals surface area contributed by atoms with Crippen LogP contribution in [0.15, 0.2) is 0 Å². The molecule has 2 unspecified atom stereocenters. The molecule has 0 aliphatic carbocycles. The molecule has 1 fully saturated rings. The maximum absolute atomic E-state index is 9.37. The fourth-order valence-corrected chi connectivity index (χ4v) is 1.77. The van der Waals surface area contributed by atoms with Crippen molar-refractivity contribution in [1.29, 1.82) is 0 Å². The minimum Gasteiger partial charge on any atom is -0.437 e. The van der Waals surface area contributed by atoms with Gasteiger partial charge in [0.05, 0.1) is 6.10 Å². The van der Waals surface area contributed by atoms with E-state index in [0.717, 1.165) is 25.9 Å². The second kappa shape index (κ2) is 4.26. The van der Waals surface area contributed by atoms with E-state index in [1.165, 1.54) is 0 Å². The number of aliphatic hydroxyl groups is 1. The van der Waals surface area contributed by atoms with E-state index in [9.17, 15) is 10.1 Å². The fourth-order valence-electron chi connectivity index (χ4n) is 1.77. The third-order valence-electron chi connectivity index (χ3n) is 2.70. The number of aliphatic hydroxyl groups excluding tert-OH is 1. The van der Waals surface area contributed by atoms with Crippen LogP contribution in [-0.4, -0.2) is 41.2 Å². The number of rotatable bonds is 2. The van der Waals surface area contributed by atoms with Crippen molar-refractivity contribution in [3.05, 3.63) is 0 Å². The van der Waals surface area contributed by atoms with Crippen molar-refractivity contribution in [2.45, 2.75) is 32.7 Å². The zero-order valence-corrected chi connectivity index (χ0v) is 7.90. The lowest BCUT2D eigenvalue weighted by molar-refractivity contribution is 0.0837. The molecular weight excluding hydrogens is 153 g/mol. The fraction of sp³-hybridized carbons (Fsp3) is 1.00. The standard InChI is InChI=1S/C8H18BNO2/c1-7(11)8-4-3-5-10(6-8)9(2)12/h7-8,11-12H,3-6H2,1-2H3. The predicted molar refractivity (Wildman–Crippen MR) is 49.8 cm³/mol. The molecule has 1 aliphatic heterocycles. The molecule has 1 aliphatic rings. The quantitative estimate of drug-likeness (QED) is 0.583. The van der Waals surface area contributed by atoms with Crippen molar-refractivity contribution < 1.29 is 10.1 Å². The van der Waals surface area contributed by atoms with Gasteiger partial charge in [-0.15, -0.1) is 0 Å². The molecule has 70 valence electrons. The zero-order chi connectivity index (χ0) is 9.14. The lowest BCUT2D eigenvalue weighted by Gasteiger charge is -2.34. The molecule has 1 heterocycles. The largest absolute Gasteiger partial charge is 0.437 e. The van der Waals surface area contributed by atoms with E-state index in [-0.39, 0.29) is 13.2 Å². The molecule has 0 spiro atoms. The molecule has 2 atom stereocenters. The van der Waals surface area contributed by atoms with Crippen LogP contribution in [0.2, 0.25) is 6.82 Å². The average molecular weight is 171 g/mol. The number of piperidine rings is 1. The van der Waals surface area contributed by atoms with Gasteiger partial charge in [0, 0.05) is 0 Å². The Kier molecular flexibility index (Phi) is 3.56. The Hall–Kier alpha value is -0.0551. The summed E-state index contributed by atoms with van der Waals surface area (Å²) in [5.41, 5.74) is 0. The second-order valence-electron chi connectivity index (χ2n) is 3.77. The summed E-state index contributed by atoms with van der Waals surface area (Å²) in [5, 5.41) is 18.7. The summed E-state index contributed by atoms with van der Waals surface area (Å²) >= 11 is 0. The third-order valence-corrected chi connectivity index (χ3v) is 2.70. The van der Waals surface area contributed by atoms with Gasteiger partial charge < -0.3 is 14.9 Å². The molecule has 4 heteroatoms. The van der Waals surface area contributed by atoms with E-state index in [1.54, 1.807) is 6.82 Å². The minimum absolute atomic E-state index is 0.244. The van der Waals surface area contributed by atoms with Gasteiger partial charge in [-0.3, -0.25) is 0 Å². The molecule has 0 aromatic rings. The van der Waals surface area contributed by atoms with Crippen LogP contribution in [0.25, 0.3) is 0 Å². The van der Waals surface area contributed by atoms with Crippen molar-refractivity contribution in [2.24, 2.45) is 5.92 Å². The first-order chi connectivity index (χ1) is 5.61. The van der Waals surface area contributed by atoms with Gasteiger partial charge in [-0.1, -0.05) is 0 Å². The molecule has 0 radical (unpaired) electrons. The molecule has 12 heavy (non-hydrogen) atoms. The monoisotopic (exact) mass is 171 g/mol. The smallest absolute Gasteiger partial charge is 0.376 e. The molecule has 2 N–H and O–H groups in total. The molecule has 0 saturated carbocycles. The maximum Gasteiger partial charge on any atom is 0.376 e. The van der Waals surface area contributed by atoms with E-state index in [2.05, 4.69) is 0 Å². The van der Waals surface area contributed by atoms with Crippen LogP contribution >= 0.6 is 0 Å². The topological polar surface area (TPSA) is 43.7 Å². The van der Waals surface area contributed by atoms with Crippen LogP contribution in [0, 0.1) is 5.92 Å². The van der Waals surface area contributed by atoms with Gasteiger partial charge in [-0.05, 0) is 45.6 Å². The van der Waals surface area contributed by atoms with Gasteiger partial charge in [0.25, 0.3) is 0 Å². The van der Waals surface area contributed by atoms with Crippen LogP contribution in [0.1, 0.15) is 19.8 Å². The molecule has 0 aromatic heterocycles. The van der Waals surface area contributed by atoms with E-state index in [0.29, 0.717) is 5.92 Å². The van der Waals surface area contributed by atoms with Crippen molar-refractivity contribution in [3.63, 3.8) is 0 Å². The molecule has 0 aromatic carbocycles. The lowest BCUT2D eigenvalue weighted by Crippen LogP contribution is -2.46. The summed E-state index contributed by atoms with van der Waals surface area (Å²) in [6.45, 7) is 5.40. The van der Waals surface area contributed by atoms with E-state index >= 15 is 0 Å². The van der Waals surface area contributed by atoms with Crippen LogP contribution in [0.3, 0.4) is 0 Å². The van der Waals surface area contributed by atoms with Crippen LogP contribution in [0.5, 0.6) is 0 Å². The highest BCUT2D eigenvalue weighted by atomic mass is 16.3. The van der Waals surface area contributed by atoms with Gasteiger partial charge in [-0.2, -0.15) is 0 Å². The van der Waals surface area contributed by atoms with E-state index < -0.39 is 0 Å². The van der Waals surface area contributed by atoms with Gasteiger partial charge >= 0.3 is 7.05 Å². The van der Waals surface area contributed by atoms with Crippen LogP contribution in [-0.2, 0) is 0 Å². The Labute approximate surface area is 74.5 Å². The highest BCUT2D eigenvalue weighted by Crippen LogP contribution is 2.19. The molecule has 1 rings (SSSR count). The molecular formula is C8H18BNO2. The van der Waals surface area contributed by atoms with Crippen LogP contribution in [0.4, 0.5) is 0 Å². The lowest BCUT2D eigenvalue weighted by atomic mass is 9.80. The highest BCUT2D eigenvalue weighted by molar-refractivity contribution is 6.45. The van der Waals surface area contributed by atoms with Gasteiger partial charge in [0.15, 0.2) is 0 Å². The van der Waals surface area contributed by atoms with Crippen molar-refractivity contribution in [2.75, 3.05) is 13.1 Å². The number of hydrogen-bond acceptors (Lipinski definition) is 3. The summed E-state index contributed by atoms with van der Waals surface area (Å²) in [5.74, 6) is 0.341.